The van der Waals surface area contributed by atoms with Crippen molar-refractivity contribution in [2.45, 2.75) is 12.4 Å². The molecule has 1 unspecified atom stereocenters. The molecular formula is C5H6F3NO. The standard InChI is InChI=1S/C5H6F3NO/c6-5(7,8)4-9-2-1-3-10-4/h1,3-4,9H,2H2. The van der Waals surface area contributed by atoms with Gasteiger partial charge in [-0.2, -0.15) is 13.2 Å². The maximum atomic E-state index is 11.7. The van der Waals surface area contributed by atoms with E-state index in [0.717, 1.165) is 6.26 Å². The van der Waals surface area contributed by atoms with E-state index < -0.39 is 12.4 Å². The lowest BCUT2D eigenvalue weighted by molar-refractivity contribution is -0.216. The average molecular weight is 153 g/mol. The van der Waals surface area contributed by atoms with E-state index in [1.54, 1.807) is 0 Å². The third-order valence-electron chi connectivity index (χ3n) is 1.03. The molecule has 1 atom stereocenters. The van der Waals surface area contributed by atoms with Gasteiger partial charge in [-0.25, -0.2) is 0 Å². The molecule has 0 aromatic rings. The monoisotopic (exact) mass is 153 g/mol. The second-order valence-electron chi connectivity index (χ2n) is 1.84. The van der Waals surface area contributed by atoms with Gasteiger partial charge in [-0.1, -0.05) is 0 Å². The largest absolute Gasteiger partial charge is 0.473 e. The molecule has 1 heterocycles. The predicted molar refractivity (Wildman–Crippen MR) is 28.1 cm³/mol. The van der Waals surface area contributed by atoms with E-state index >= 15 is 0 Å². The molecule has 0 amide bonds. The number of rotatable bonds is 0. The molecule has 10 heavy (non-hydrogen) atoms. The predicted octanol–water partition coefficient (Wildman–Crippen LogP) is 1.01. The Morgan fingerprint density at radius 1 is 1.50 bits per heavy atom. The van der Waals surface area contributed by atoms with Crippen molar-refractivity contribution in [3.63, 3.8) is 0 Å². The summed E-state index contributed by atoms with van der Waals surface area (Å²) < 4.78 is 39.4. The Labute approximate surface area is 55.7 Å². The molecule has 0 fully saturated rings. The lowest BCUT2D eigenvalue weighted by Crippen LogP contribution is -2.45. The van der Waals surface area contributed by atoms with Crippen LogP contribution in [0.25, 0.3) is 0 Å². The van der Waals surface area contributed by atoms with E-state index in [4.69, 9.17) is 0 Å². The number of hydrogen-bond donors (Lipinski definition) is 1. The number of hydrogen-bond acceptors (Lipinski definition) is 2. The fourth-order valence-electron chi connectivity index (χ4n) is 0.598. The van der Waals surface area contributed by atoms with E-state index in [9.17, 15) is 13.2 Å². The van der Waals surface area contributed by atoms with Gasteiger partial charge in [0, 0.05) is 6.54 Å². The van der Waals surface area contributed by atoms with Crippen molar-refractivity contribution in [2.24, 2.45) is 0 Å². The molecule has 2 nitrogen and oxygen atoms in total. The highest BCUT2D eigenvalue weighted by Crippen LogP contribution is 2.21. The van der Waals surface area contributed by atoms with Crippen LogP contribution in [-0.4, -0.2) is 18.9 Å². The smallest absolute Gasteiger partial charge is 0.439 e. The molecule has 0 aromatic carbocycles. The molecule has 1 rings (SSSR count). The zero-order valence-corrected chi connectivity index (χ0v) is 4.98. The van der Waals surface area contributed by atoms with Gasteiger partial charge in [0.1, 0.15) is 0 Å². The van der Waals surface area contributed by atoms with Crippen LogP contribution in [0.4, 0.5) is 13.2 Å². The Bertz CT molecular complexity index is 142. The molecule has 0 saturated heterocycles. The second kappa shape index (κ2) is 2.49. The molecule has 0 saturated carbocycles. The summed E-state index contributed by atoms with van der Waals surface area (Å²) in [5, 5.41) is 2.12. The van der Waals surface area contributed by atoms with Crippen LogP contribution in [0.1, 0.15) is 0 Å². The number of alkyl halides is 3. The van der Waals surface area contributed by atoms with Crippen LogP contribution >= 0.6 is 0 Å². The third-order valence-corrected chi connectivity index (χ3v) is 1.03. The summed E-state index contributed by atoms with van der Waals surface area (Å²) in [7, 11) is 0. The minimum atomic E-state index is -4.31. The van der Waals surface area contributed by atoms with Gasteiger partial charge in [-0.15, -0.1) is 0 Å². The van der Waals surface area contributed by atoms with E-state index in [2.05, 4.69) is 10.1 Å². The molecule has 1 aliphatic rings. The topological polar surface area (TPSA) is 21.3 Å². The van der Waals surface area contributed by atoms with E-state index in [-0.39, 0.29) is 6.54 Å². The summed E-state index contributed by atoms with van der Waals surface area (Å²) in [5.41, 5.74) is 0. The van der Waals surface area contributed by atoms with Gasteiger partial charge in [-0.3, -0.25) is 5.32 Å². The summed E-state index contributed by atoms with van der Waals surface area (Å²) in [6, 6.07) is 0. The van der Waals surface area contributed by atoms with Crippen LogP contribution in [0, 0.1) is 0 Å². The maximum absolute atomic E-state index is 11.7. The van der Waals surface area contributed by atoms with Crippen molar-refractivity contribution in [2.75, 3.05) is 6.54 Å². The normalized spacial score (nSPS) is 26.1. The van der Waals surface area contributed by atoms with Crippen LogP contribution in [0.5, 0.6) is 0 Å². The van der Waals surface area contributed by atoms with Crippen molar-refractivity contribution in [3.05, 3.63) is 12.3 Å². The Morgan fingerprint density at radius 2 is 2.20 bits per heavy atom. The highest BCUT2D eigenvalue weighted by atomic mass is 19.4. The molecule has 1 N–H and O–H groups in total. The van der Waals surface area contributed by atoms with E-state index in [0.29, 0.717) is 0 Å². The van der Waals surface area contributed by atoms with Crippen molar-refractivity contribution in [3.8, 4) is 0 Å². The highest BCUT2D eigenvalue weighted by molar-refractivity contribution is 4.85. The van der Waals surface area contributed by atoms with Crippen molar-refractivity contribution in [1.29, 1.82) is 0 Å². The number of ether oxygens (including phenoxy) is 1. The zero-order chi connectivity index (χ0) is 7.61. The summed E-state index contributed by atoms with van der Waals surface area (Å²) in [6.07, 6.45) is -3.63. The summed E-state index contributed by atoms with van der Waals surface area (Å²) in [6.45, 7) is 0.199. The lowest BCUT2D eigenvalue weighted by atomic mass is 10.4. The summed E-state index contributed by atoms with van der Waals surface area (Å²) in [5.74, 6) is 0. The molecule has 0 bridgehead atoms. The molecular weight excluding hydrogens is 147 g/mol. The maximum Gasteiger partial charge on any atom is 0.439 e. The fourth-order valence-corrected chi connectivity index (χ4v) is 0.598. The van der Waals surface area contributed by atoms with Gasteiger partial charge in [0.25, 0.3) is 0 Å². The summed E-state index contributed by atoms with van der Waals surface area (Å²) in [4.78, 5) is 0. The first kappa shape index (κ1) is 7.40. The zero-order valence-electron chi connectivity index (χ0n) is 4.98. The number of nitrogens with one attached hydrogen (secondary N) is 1. The summed E-state index contributed by atoms with van der Waals surface area (Å²) >= 11 is 0. The van der Waals surface area contributed by atoms with E-state index in [1.807, 2.05) is 0 Å². The average Bonchev–Trinajstić information content (AvgIpc) is 1.88. The molecule has 0 spiro atoms. The molecule has 0 radical (unpaired) electrons. The molecule has 58 valence electrons. The SMILES string of the molecule is FC(F)(F)C1NCC=CO1. The number of halogens is 3. The minimum absolute atomic E-state index is 0.199. The minimum Gasteiger partial charge on any atom is -0.473 e. The van der Waals surface area contributed by atoms with Crippen molar-refractivity contribution >= 4 is 0 Å². The Hall–Kier alpha value is -0.710. The Kier molecular flexibility index (Phi) is 1.85. The molecule has 1 aliphatic heterocycles. The highest BCUT2D eigenvalue weighted by Gasteiger charge is 2.41. The third kappa shape index (κ3) is 1.63. The van der Waals surface area contributed by atoms with Gasteiger partial charge in [0.15, 0.2) is 0 Å². The van der Waals surface area contributed by atoms with Gasteiger partial charge in [0.2, 0.25) is 6.23 Å². The van der Waals surface area contributed by atoms with Crippen LogP contribution in [0.2, 0.25) is 0 Å². The fraction of sp³-hybridized carbons (Fsp3) is 0.600. The van der Waals surface area contributed by atoms with Gasteiger partial charge < -0.3 is 4.74 Å². The van der Waals surface area contributed by atoms with Crippen molar-refractivity contribution in [1.82, 2.24) is 5.32 Å². The lowest BCUT2D eigenvalue weighted by Gasteiger charge is -2.22. The second-order valence-corrected chi connectivity index (χ2v) is 1.84. The molecule has 0 aliphatic carbocycles. The molecule has 5 heteroatoms. The quantitative estimate of drug-likeness (QED) is 0.560. The Balaban J connectivity index is 2.49. The van der Waals surface area contributed by atoms with Crippen LogP contribution < -0.4 is 5.32 Å². The van der Waals surface area contributed by atoms with E-state index in [1.165, 1.54) is 6.08 Å². The Morgan fingerprint density at radius 3 is 2.50 bits per heavy atom. The first-order valence-corrected chi connectivity index (χ1v) is 2.71. The van der Waals surface area contributed by atoms with Crippen LogP contribution in [0.15, 0.2) is 12.3 Å². The van der Waals surface area contributed by atoms with Gasteiger partial charge in [0.05, 0.1) is 6.26 Å². The van der Waals surface area contributed by atoms with Gasteiger partial charge >= 0.3 is 6.18 Å². The first-order chi connectivity index (χ1) is 4.61. The first-order valence-electron chi connectivity index (χ1n) is 2.71. The van der Waals surface area contributed by atoms with Crippen LogP contribution in [-0.2, 0) is 4.74 Å². The van der Waals surface area contributed by atoms with Gasteiger partial charge in [-0.05, 0) is 6.08 Å². The van der Waals surface area contributed by atoms with Crippen molar-refractivity contribution < 1.29 is 17.9 Å². The molecule has 0 aromatic heterocycles. The van der Waals surface area contributed by atoms with Crippen LogP contribution in [0.3, 0.4) is 0 Å².